The van der Waals surface area contributed by atoms with E-state index in [1.165, 1.54) is 11.1 Å². The Morgan fingerprint density at radius 2 is 2.04 bits per heavy atom. The van der Waals surface area contributed by atoms with Crippen LogP contribution in [0.3, 0.4) is 0 Å². The summed E-state index contributed by atoms with van der Waals surface area (Å²) in [5.74, 6) is 0. The van der Waals surface area contributed by atoms with Gasteiger partial charge in [0.2, 0.25) is 0 Å². The van der Waals surface area contributed by atoms with Gasteiger partial charge >= 0.3 is 5.69 Å². The van der Waals surface area contributed by atoms with E-state index >= 15 is 0 Å². The van der Waals surface area contributed by atoms with Gasteiger partial charge in [0.25, 0.3) is 0 Å². The summed E-state index contributed by atoms with van der Waals surface area (Å²) >= 11 is 0. The Morgan fingerprint density at radius 3 is 2.83 bits per heavy atom. The highest BCUT2D eigenvalue weighted by atomic mass is 16.1. The first kappa shape index (κ1) is 15.2. The molecule has 1 aliphatic rings. The molecule has 23 heavy (non-hydrogen) atoms. The fourth-order valence-corrected chi connectivity index (χ4v) is 2.91. The number of benzene rings is 1. The molecule has 3 rings (SSSR count). The van der Waals surface area contributed by atoms with Crippen molar-refractivity contribution in [3.63, 3.8) is 0 Å². The van der Waals surface area contributed by atoms with Crippen LogP contribution < -0.4 is 5.69 Å². The molecule has 4 nitrogen and oxygen atoms in total. The van der Waals surface area contributed by atoms with Crippen molar-refractivity contribution in [3.8, 4) is 6.07 Å². The summed E-state index contributed by atoms with van der Waals surface area (Å²) in [7, 11) is 0. The molecule has 0 spiro atoms. The van der Waals surface area contributed by atoms with Crippen molar-refractivity contribution in [2.75, 3.05) is 0 Å². The Hall–Kier alpha value is -2.67. The van der Waals surface area contributed by atoms with Crippen molar-refractivity contribution in [2.45, 2.75) is 38.6 Å². The number of rotatable bonds is 6. The third-order valence-electron chi connectivity index (χ3n) is 4.07. The van der Waals surface area contributed by atoms with E-state index in [4.69, 9.17) is 5.26 Å². The molecule has 0 fully saturated rings. The molecule has 1 aromatic heterocycles. The largest absolute Gasteiger partial charge is 0.347 e. The van der Waals surface area contributed by atoms with Crippen LogP contribution in [0.4, 0.5) is 0 Å². The van der Waals surface area contributed by atoms with E-state index in [0.717, 1.165) is 36.9 Å². The third-order valence-corrected chi connectivity index (χ3v) is 4.07. The fraction of sp³-hybridized carbons (Fsp3) is 0.316. The molecule has 1 heterocycles. The van der Waals surface area contributed by atoms with E-state index in [9.17, 15) is 4.79 Å². The number of hydrogen-bond acceptors (Lipinski definition) is 3. The molecule has 116 valence electrons. The summed E-state index contributed by atoms with van der Waals surface area (Å²) in [5, 5.41) is 8.56. The van der Waals surface area contributed by atoms with E-state index in [0.29, 0.717) is 13.0 Å². The number of fused-ring (bicyclic) bond motifs is 1. The molecule has 0 bridgehead atoms. The van der Waals surface area contributed by atoms with Crippen LogP contribution in [0.15, 0.2) is 46.9 Å². The molecule has 0 saturated heterocycles. The monoisotopic (exact) mass is 305 g/mol. The molecule has 0 atom stereocenters. The first-order chi connectivity index (χ1) is 11.3. The number of aromatic nitrogens is 2. The highest BCUT2D eigenvalue weighted by molar-refractivity contribution is 5.61. The van der Waals surface area contributed by atoms with E-state index in [-0.39, 0.29) is 5.69 Å². The van der Waals surface area contributed by atoms with E-state index < -0.39 is 0 Å². The second-order valence-electron chi connectivity index (χ2n) is 5.88. The molecule has 0 N–H and O–H groups in total. The summed E-state index contributed by atoms with van der Waals surface area (Å²) in [5.41, 5.74) is 4.32. The molecular weight excluding hydrogens is 286 g/mol. The first-order valence-electron chi connectivity index (χ1n) is 7.97. The second-order valence-corrected chi connectivity index (χ2v) is 5.88. The highest BCUT2D eigenvalue weighted by Crippen LogP contribution is 2.24. The minimum Gasteiger partial charge on any atom is -0.299 e. The molecule has 2 aromatic rings. The molecule has 0 unspecified atom stereocenters. The van der Waals surface area contributed by atoms with Crippen LogP contribution in [-0.4, -0.2) is 9.55 Å². The number of aryl methyl sites for hydroxylation is 1. The minimum atomic E-state index is -0.185. The summed E-state index contributed by atoms with van der Waals surface area (Å²) in [4.78, 5) is 16.3. The Labute approximate surface area is 135 Å². The van der Waals surface area contributed by atoms with Gasteiger partial charge in [-0.2, -0.15) is 10.2 Å². The lowest BCUT2D eigenvalue weighted by atomic mass is 10.0. The summed E-state index contributed by atoms with van der Waals surface area (Å²) in [6, 6.07) is 12.5. The lowest BCUT2D eigenvalue weighted by Gasteiger charge is -2.06. The Bertz CT molecular complexity index is 813. The molecule has 0 saturated carbocycles. The molecule has 0 amide bonds. The first-order valence-corrected chi connectivity index (χ1v) is 7.97. The van der Waals surface area contributed by atoms with Crippen LogP contribution >= 0.6 is 0 Å². The lowest BCUT2D eigenvalue weighted by molar-refractivity contribution is 0.584. The predicted octanol–water partition coefficient (Wildman–Crippen LogP) is 3.12. The molecule has 0 radical (unpaired) electrons. The van der Waals surface area contributed by atoms with Crippen LogP contribution in [0.25, 0.3) is 6.08 Å². The number of hydrogen-bond donors (Lipinski definition) is 0. The second kappa shape index (κ2) is 7.06. The summed E-state index contributed by atoms with van der Waals surface area (Å²) < 4.78 is 1.66. The molecule has 1 aliphatic carbocycles. The van der Waals surface area contributed by atoms with Crippen LogP contribution in [0.5, 0.6) is 0 Å². The zero-order chi connectivity index (χ0) is 16.1. The third kappa shape index (κ3) is 3.75. The molecular formula is C19H19N3O. The van der Waals surface area contributed by atoms with Gasteiger partial charge in [-0.1, -0.05) is 42.0 Å². The van der Waals surface area contributed by atoms with Gasteiger partial charge in [0.1, 0.15) is 0 Å². The average molecular weight is 305 g/mol. The number of allylic oxidation sites excluding steroid dienone is 1. The summed E-state index contributed by atoms with van der Waals surface area (Å²) in [6.07, 6.45) is 7.90. The molecule has 1 aromatic carbocycles. The maximum atomic E-state index is 12.1. The number of unbranched alkanes of at least 4 members (excludes halogenated alkanes) is 2. The highest BCUT2D eigenvalue weighted by Gasteiger charge is 2.16. The van der Waals surface area contributed by atoms with Crippen molar-refractivity contribution in [3.05, 3.63) is 69.4 Å². The molecule has 0 aliphatic heterocycles. The lowest BCUT2D eigenvalue weighted by Crippen LogP contribution is -2.24. The molecule has 4 heteroatoms. The van der Waals surface area contributed by atoms with Crippen LogP contribution in [0.2, 0.25) is 0 Å². The van der Waals surface area contributed by atoms with Gasteiger partial charge in [-0.15, -0.1) is 0 Å². The van der Waals surface area contributed by atoms with Gasteiger partial charge in [-0.05, 0) is 24.8 Å². The summed E-state index contributed by atoms with van der Waals surface area (Å²) in [6.45, 7) is 0.628. The maximum absolute atomic E-state index is 12.1. The van der Waals surface area contributed by atoms with Gasteiger partial charge in [0.15, 0.2) is 0 Å². The fourth-order valence-electron chi connectivity index (χ4n) is 2.91. The standard InChI is InChI=1S/C19H19N3O/c20-9-5-2-6-10-22-14-17-12-16(13-18(17)21-19(22)23)11-15-7-3-1-4-8-15/h1,3-4,7-8,12,14H,2,5-6,10-11,13H2. The average Bonchev–Trinajstić information content (AvgIpc) is 2.93. The van der Waals surface area contributed by atoms with Crippen LogP contribution in [0, 0.1) is 11.3 Å². The van der Waals surface area contributed by atoms with Crippen molar-refractivity contribution in [1.29, 1.82) is 5.26 Å². The Balaban J connectivity index is 1.72. The van der Waals surface area contributed by atoms with Crippen LogP contribution in [-0.2, 0) is 19.4 Å². The topological polar surface area (TPSA) is 58.7 Å². The smallest absolute Gasteiger partial charge is 0.299 e. The van der Waals surface area contributed by atoms with E-state index in [1.54, 1.807) is 4.57 Å². The van der Waals surface area contributed by atoms with Gasteiger partial charge in [-0.3, -0.25) is 4.57 Å². The number of nitrogens with zero attached hydrogens (tertiary/aromatic N) is 3. The Kier molecular flexibility index (Phi) is 4.68. The van der Waals surface area contributed by atoms with Crippen molar-refractivity contribution in [1.82, 2.24) is 9.55 Å². The Morgan fingerprint density at radius 1 is 1.22 bits per heavy atom. The normalized spacial score (nSPS) is 12.6. The SMILES string of the molecule is N#CCCCCn1cc2c(nc1=O)CC(Cc1ccccc1)=C2. The zero-order valence-corrected chi connectivity index (χ0v) is 13.0. The maximum Gasteiger partial charge on any atom is 0.347 e. The quantitative estimate of drug-likeness (QED) is 0.770. The van der Waals surface area contributed by atoms with Gasteiger partial charge in [0, 0.05) is 31.1 Å². The van der Waals surface area contributed by atoms with Crippen molar-refractivity contribution >= 4 is 6.08 Å². The van der Waals surface area contributed by atoms with E-state index in [2.05, 4.69) is 29.3 Å². The zero-order valence-electron chi connectivity index (χ0n) is 13.0. The predicted molar refractivity (Wildman–Crippen MR) is 89.8 cm³/mol. The van der Waals surface area contributed by atoms with Crippen molar-refractivity contribution in [2.24, 2.45) is 0 Å². The minimum absolute atomic E-state index is 0.185. The van der Waals surface area contributed by atoms with Gasteiger partial charge in [-0.25, -0.2) is 4.79 Å². The number of nitriles is 1. The van der Waals surface area contributed by atoms with E-state index in [1.807, 2.05) is 24.4 Å². The van der Waals surface area contributed by atoms with Gasteiger partial charge < -0.3 is 0 Å². The van der Waals surface area contributed by atoms with Gasteiger partial charge in [0.05, 0.1) is 11.8 Å². The van der Waals surface area contributed by atoms with Crippen molar-refractivity contribution < 1.29 is 0 Å². The van der Waals surface area contributed by atoms with Crippen LogP contribution in [0.1, 0.15) is 36.1 Å².